The highest BCUT2D eigenvalue weighted by molar-refractivity contribution is 7.70. The Kier molecular flexibility index (Phi) is 6.72. The van der Waals surface area contributed by atoms with Crippen molar-refractivity contribution < 1.29 is 14.2 Å². The van der Waals surface area contributed by atoms with Gasteiger partial charge in [0.15, 0.2) is 5.82 Å². The Balaban J connectivity index is 1.81. The van der Waals surface area contributed by atoms with Crippen LogP contribution in [0.25, 0.3) is 0 Å². The zero-order valence-corrected chi connectivity index (χ0v) is 18.3. The number of hydroxylamine groups is 1. The number of amides is 1. The summed E-state index contributed by atoms with van der Waals surface area (Å²) in [6.07, 6.45) is 1.47. The largest absolute Gasteiger partial charge is 0.338 e. The lowest BCUT2D eigenvalue weighted by atomic mass is 10.2. The Morgan fingerprint density at radius 1 is 1.07 bits per heavy atom. The number of anilines is 4. The fourth-order valence-electron chi connectivity index (χ4n) is 2.68. The van der Waals surface area contributed by atoms with E-state index in [1.807, 2.05) is 24.3 Å². The van der Waals surface area contributed by atoms with Crippen LogP contribution in [0.3, 0.4) is 0 Å². The second-order valence-electron chi connectivity index (χ2n) is 6.72. The summed E-state index contributed by atoms with van der Waals surface area (Å²) < 4.78 is 12.6. The molecule has 0 atom stereocenters. The van der Waals surface area contributed by atoms with E-state index in [9.17, 15) is 9.36 Å². The SMILES string of the molecule is CONC(=O)c1ccc(Nc2ncc(Cl)c(Nc3ccccc3P(C)(C)=O)n2)cc1. The van der Waals surface area contributed by atoms with Gasteiger partial charge in [0.05, 0.1) is 19.0 Å². The van der Waals surface area contributed by atoms with Crippen molar-refractivity contribution in [3.05, 3.63) is 65.3 Å². The zero-order chi connectivity index (χ0) is 21.7. The second kappa shape index (κ2) is 9.26. The summed E-state index contributed by atoms with van der Waals surface area (Å²) >= 11 is 6.26. The van der Waals surface area contributed by atoms with Crippen molar-refractivity contribution in [3.8, 4) is 0 Å². The second-order valence-corrected chi connectivity index (χ2v) is 10.3. The van der Waals surface area contributed by atoms with E-state index in [1.165, 1.54) is 13.3 Å². The Labute approximate surface area is 179 Å². The van der Waals surface area contributed by atoms with Gasteiger partial charge in [-0.2, -0.15) is 4.98 Å². The number of halogens is 1. The first-order valence-corrected chi connectivity index (χ1v) is 11.9. The van der Waals surface area contributed by atoms with Gasteiger partial charge in [-0.25, -0.2) is 10.5 Å². The number of nitrogens with zero attached hydrogens (tertiary/aromatic N) is 2. The number of para-hydroxylation sites is 1. The summed E-state index contributed by atoms with van der Waals surface area (Å²) in [6.45, 7) is 3.41. The van der Waals surface area contributed by atoms with Crippen molar-refractivity contribution in [3.63, 3.8) is 0 Å². The maximum atomic E-state index is 12.6. The van der Waals surface area contributed by atoms with Crippen molar-refractivity contribution in [2.24, 2.45) is 0 Å². The molecule has 10 heteroatoms. The van der Waals surface area contributed by atoms with Gasteiger partial charge in [0.1, 0.15) is 12.2 Å². The predicted molar refractivity (Wildman–Crippen MR) is 120 cm³/mol. The Morgan fingerprint density at radius 3 is 2.43 bits per heavy atom. The molecule has 2 aromatic carbocycles. The summed E-state index contributed by atoms with van der Waals surface area (Å²) in [7, 11) is -1.13. The van der Waals surface area contributed by atoms with Gasteiger partial charge in [0.25, 0.3) is 5.91 Å². The minimum absolute atomic E-state index is 0.310. The van der Waals surface area contributed by atoms with E-state index >= 15 is 0 Å². The molecule has 3 N–H and O–H groups in total. The molecule has 3 rings (SSSR count). The highest BCUT2D eigenvalue weighted by atomic mass is 35.5. The number of hydrogen-bond donors (Lipinski definition) is 3. The minimum Gasteiger partial charge on any atom is -0.338 e. The Hall–Kier alpha value is -2.93. The molecule has 0 radical (unpaired) electrons. The molecule has 0 fully saturated rings. The van der Waals surface area contributed by atoms with Crippen molar-refractivity contribution in [2.75, 3.05) is 31.1 Å². The molecule has 0 spiro atoms. The highest BCUT2D eigenvalue weighted by Crippen LogP contribution is 2.38. The fraction of sp³-hybridized carbons (Fsp3) is 0.150. The maximum Gasteiger partial charge on any atom is 0.274 e. The van der Waals surface area contributed by atoms with Crippen LogP contribution in [-0.4, -0.2) is 36.3 Å². The zero-order valence-electron chi connectivity index (χ0n) is 16.6. The van der Waals surface area contributed by atoms with Crippen LogP contribution in [0.4, 0.5) is 23.1 Å². The van der Waals surface area contributed by atoms with Crippen LogP contribution in [0.2, 0.25) is 5.02 Å². The van der Waals surface area contributed by atoms with E-state index in [1.54, 1.807) is 37.6 Å². The molecule has 1 heterocycles. The molecule has 0 saturated heterocycles. The standard InChI is InChI=1S/C20H21ClN5O3P/c1-29-26-19(27)13-8-10-14(11-9-13)23-20-22-12-15(21)18(25-20)24-16-6-4-5-7-17(16)30(2,3)28/h4-12H,1-3H3,(H,26,27)(H2,22,23,24,25). The van der Waals surface area contributed by atoms with Crippen molar-refractivity contribution in [2.45, 2.75) is 0 Å². The van der Waals surface area contributed by atoms with Gasteiger partial charge in [-0.1, -0.05) is 23.7 Å². The topological polar surface area (TPSA) is 105 Å². The number of aromatic nitrogens is 2. The average Bonchev–Trinajstić information content (AvgIpc) is 2.71. The number of carbonyl (C=O) groups is 1. The van der Waals surface area contributed by atoms with E-state index in [-0.39, 0.29) is 5.91 Å². The molecule has 156 valence electrons. The van der Waals surface area contributed by atoms with Gasteiger partial charge in [0, 0.05) is 16.6 Å². The van der Waals surface area contributed by atoms with Gasteiger partial charge in [-0.3, -0.25) is 9.63 Å². The molecule has 30 heavy (non-hydrogen) atoms. The third-order valence-corrected chi connectivity index (χ3v) is 5.91. The summed E-state index contributed by atoms with van der Waals surface area (Å²) in [6, 6.07) is 14.0. The minimum atomic E-state index is -2.50. The van der Waals surface area contributed by atoms with Crippen molar-refractivity contribution in [1.29, 1.82) is 0 Å². The molecule has 0 bridgehead atoms. The molecular formula is C20H21ClN5O3P. The van der Waals surface area contributed by atoms with Crippen LogP contribution in [0, 0.1) is 0 Å². The number of benzene rings is 2. The van der Waals surface area contributed by atoms with E-state index in [2.05, 4.69) is 30.9 Å². The summed E-state index contributed by atoms with van der Waals surface area (Å²) in [4.78, 5) is 25.0. The quantitative estimate of drug-likeness (QED) is 0.370. The van der Waals surface area contributed by atoms with Crippen LogP contribution < -0.4 is 21.4 Å². The third kappa shape index (κ3) is 5.36. The normalized spacial score (nSPS) is 11.1. The predicted octanol–water partition coefficient (Wildman–Crippen LogP) is 4.16. The molecule has 0 unspecified atom stereocenters. The van der Waals surface area contributed by atoms with E-state index < -0.39 is 7.14 Å². The Morgan fingerprint density at radius 2 is 1.77 bits per heavy atom. The molecule has 8 nitrogen and oxygen atoms in total. The lowest BCUT2D eigenvalue weighted by Crippen LogP contribution is -2.21. The lowest BCUT2D eigenvalue weighted by molar-refractivity contribution is 0.0537. The van der Waals surface area contributed by atoms with Crippen LogP contribution in [0.5, 0.6) is 0 Å². The summed E-state index contributed by atoms with van der Waals surface area (Å²) in [5, 5.41) is 7.24. The maximum absolute atomic E-state index is 12.6. The monoisotopic (exact) mass is 445 g/mol. The van der Waals surface area contributed by atoms with Gasteiger partial charge in [0.2, 0.25) is 5.95 Å². The van der Waals surface area contributed by atoms with Crippen molar-refractivity contribution in [1.82, 2.24) is 15.4 Å². The number of hydrogen-bond acceptors (Lipinski definition) is 7. The molecule has 3 aromatic rings. The van der Waals surface area contributed by atoms with Gasteiger partial charge >= 0.3 is 0 Å². The molecule has 1 amide bonds. The molecule has 1 aromatic heterocycles. The molecular weight excluding hydrogens is 425 g/mol. The number of carbonyl (C=O) groups excluding carboxylic acids is 1. The van der Waals surface area contributed by atoms with Crippen molar-refractivity contribution >= 4 is 53.1 Å². The first kappa shape index (κ1) is 21.8. The summed E-state index contributed by atoms with van der Waals surface area (Å²) in [5.41, 5.74) is 4.06. The number of nitrogens with one attached hydrogen (secondary N) is 3. The molecule has 0 aliphatic heterocycles. The third-order valence-electron chi connectivity index (χ3n) is 4.08. The van der Waals surface area contributed by atoms with E-state index in [4.69, 9.17) is 11.6 Å². The van der Waals surface area contributed by atoms with Gasteiger partial charge in [-0.15, -0.1) is 0 Å². The van der Waals surface area contributed by atoms with Gasteiger partial charge in [-0.05, 0) is 49.7 Å². The first-order valence-electron chi connectivity index (χ1n) is 8.92. The highest BCUT2D eigenvalue weighted by Gasteiger charge is 2.17. The van der Waals surface area contributed by atoms with Crippen LogP contribution >= 0.6 is 18.7 Å². The van der Waals surface area contributed by atoms with Crippen LogP contribution in [-0.2, 0) is 9.40 Å². The van der Waals surface area contributed by atoms with Crippen LogP contribution in [0.15, 0.2) is 54.7 Å². The lowest BCUT2D eigenvalue weighted by Gasteiger charge is -2.15. The fourth-order valence-corrected chi connectivity index (χ4v) is 3.97. The van der Waals surface area contributed by atoms with E-state index in [0.717, 1.165) is 0 Å². The van der Waals surface area contributed by atoms with Crippen LogP contribution in [0.1, 0.15) is 10.4 Å². The smallest absolute Gasteiger partial charge is 0.274 e. The Bertz CT molecular complexity index is 1100. The molecule has 0 aliphatic carbocycles. The van der Waals surface area contributed by atoms with E-state index in [0.29, 0.717) is 39.0 Å². The van der Waals surface area contributed by atoms with Gasteiger partial charge < -0.3 is 15.2 Å². The average molecular weight is 446 g/mol. The first-order chi connectivity index (χ1) is 14.3. The number of rotatable bonds is 7. The molecule has 0 saturated carbocycles. The molecule has 0 aliphatic rings. The summed E-state index contributed by atoms with van der Waals surface area (Å²) in [5.74, 6) is 0.344.